The van der Waals surface area contributed by atoms with Crippen molar-refractivity contribution in [3.63, 3.8) is 0 Å². The predicted octanol–water partition coefficient (Wildman–Crippen LogP) is 1.81. The highest BCUT2D eigenvalue weighted by atomic mass is 15.3. The fourth-order valence-electron chi connectivity index (χ4n) is 2.68. The lowest BCUT2D eigenvalue weighted by Crippen LogP contribution is -2.60. The highest BCUT2D eigenvalue weighted by Gasteiger charge is 2.34. The quantitative estimate of drug-likeness (QED) is 0.664. The van der Waals surface area contributed by atoms with Crippen molar-refractivity contribution in [3.8, 4) is 0 Å². The molecule has 0 atom stereocenters. The van der Waals surface area contributed by atoms with Crippen molar-refractivity contribution in [1.29, 1.82) is 0 Å². The first-order chi connectivity index (χ1) is 6.54. The zero-order valence-electron chi connectivity index (χ0n) is 9.92. The minimum Gasteiger partial charge on any atom is -0.300 e. The van der Waals surface area contributed by atoms with Gasteiger partial charge in [-0.05, 0) is 31.3 Å². The second kappa shape index (κ2) is 3.82. The molecule has 2 heteroatoms. The van der Waals surface area contributed by atoms with E-state index in [2.05, 4.69) is 30.6 Å². The molecule has 0 amide bonds. The van der Waals surface area contributed by atoms with E-state index in [1.165, 1.54) is 45.6 Å². The minimum absolute atomic E-state index is 0.468. The molecule has 82 valence electrons. The van der Waals surface area contributed by atoms with Crippen molar-refractivity contribution in [2.24, 2.45) is 5.41 Å². The van der Waals surface area contributed by atoms with Crippen molar-refractivity contribution < 1.29 is 0 Å². The largest absolute Gasteiger partial charge is 0.300 e. The maximum atomic E-state index is 2.68. The Morgan fingerprint density at radius 2 is 1.64 bits per heavy atom. The van der Waals surface area contributed by atoms with E-state index in [0.717, 1.165) is 6.04 Å². The van der Waals surface area contributed by atoms with Crippen LogP contribution in [-0.2, 0) is 0 Å². The van der Waals surface area contributed by atoms with Gasteiger partial charge >= 0.3 is 0 Å². The monoisotopic (exact) mass is 196 g/mol. The molecule has 2 nitrogen and oxygen atoms in total. The second-order valence-electron chi connectivity index (χ2n) is 6.15. The predicted molar refractivity (Wildman–Crippen MR) is 60.5 cm³/mol. The molecular weight excluding hydrogens is 172 g/mol. The van der Waals surface area contributed by atoms with Crippen LogP contribution in [0.25, 0.3) is 0 Å². The van der Waals surface area contributed by atoms with Gasteiger partial charge in [-0.1, -0.05) is 20.8 Å². The Kier molecular flexibility index (Phi) is 2.85. The molecule has 0 radical (unpaired) electrons. The average molecular weight is 196 g/mol. The lowest BCUT2D eigenvalue weighted by molar-refractivity contribution is 0.0256. The fourth-order valence-corrected chi connectivity index (χ4v) is 2.68. The summed E-state index contributed by atoms with van der Waals surface area (Å²) >= 11 is 0. The van der Waals surface area contributed by atoms with Crippen LogP contribution in [0.3, 0.4) is 0 Å². The number of rotatable bonds is 2. The van der Waals surface area contributed by atoms with Gasteiger partial charge in [-0.25, -0.2) is 0 Å². The van der Waals surface area contributed by atoms with Crippen molar-refractivity contribution in [3.05, 3.63) is 0 Å². The van der Waals surface area contributed by atoms with Gasteiger partial charge in [-0.15, -0.1) is 0 Å². The van der Waals surface area contributed by atoms with E-state index in [0.29, 0.717) is 5.41 Å². The molecular formula is C12H24N2. The summed E-state index contributed by atoms with van der Waals surface area (Å²) in [5.41, 5.74) is 0.468. The van der Waals surface area contributed by atoms with Gasteiger partial charge in [-0.3, -0.25) is 9.80 Å². The zero-order chi connectivity index (χ0) is 10.2. The molecule has 2 saturated heterocycles. The molecule has 0 aliphatic carbocycles. The third kappa shape index (κ3) is 2.48. The van der Waals surface area contributed by atoms with Crippen molar-refractivity contribution >= 4 is 0 Å². The van der Waals surface area contributed by atoms with Crippen LogP contribution in [-0.4, -0.2) is 48.6 Å². The lowest BCUT2D eigenvalue weighted by Gasteiger charge is -2.46. The maximum absolute atomic E-state index is 2.68. The topological polar surface area (TPSA) is 6.48 Å². The summed E-state index contributed by atoms with van der Waals surface area (Å²) in [5.74, 6) is 0. The van der Waals surface area contributed by atoms with Crippen molar-refractivity contribution in [1.82, 2.24) is 9.80 Å². The summed E-state index contributed by atoms with van der Waals surface area (Å²) in [6.07, 6.45) is 2.85. The second-order valence-corrected chi connectivity index (χ2v) is 6.15. The SMILES string of the molecule is CC(C)(C)CN1CC(N2CCCC2)C1. The summed E-state index contributed by atoms with van der Waals surface area (Å²) in [6.45, 7) is 13.6. The molecule has 0 saturated carbocycles. The first kappa shape index (κ1) is 10.4. The molecule has 0 aromatic rings. The Hall–Kier alpha value is -0.0800. The average Bonchev–Trinajstić information content (AvgIpc) is 2.45. The summed E-state index contributed by atoms with van der Waals surface area (Å²) in [5, 5.41) is 0. The third-order valence-electron chi connectivity index (χ3n) is 3.29. The van der Waals surface area contributed by atoms with Crippen LogP contribution in [0.5, 0.6) is 0 Å². The van der Waals surface area contributed by atoms with Gasteiger partial charge in [0, 0.05) is 25.7 Å². The number of likely N-dealkylation sites (tertiary alicyclic amines) is 2. The number of hydrogen-bond acceptors (Lipinski definition) is 2. The Morgan fingerprint density at radius 1 is 1.07 bits per heavy atom. The van der Waals surface area contributed by atoms with Crippen LogP contribution < -0.4 is 0 Å². The van der Waals surface area contributed by atoms with E-state index < -0.39 is 0 Å². The molecule has 0 aromatic carbocycles. The highest BCUT2D eigenvalue weighted by Crippen LogP contribution is 2.24. The maximum Gasteiger partial charge on any atom is 0.0350 e. The minimum atomic E-state index is 0.468. The Labute approximate surface area is 88.3 Å². The van der Waals surface area contributed by atoms with Crippen LogP contribution in [0.2, 0.25) is 0 Å². The molecule has 2 rings (SSSR count). The van der Waals surface area contributed by atoms with E-state index in [1.807, 2.05) is 0 Å². The first-order valence-electron chi connectivity index (χ1n) is 6.01. The lowest BCUT2D eigenvalue weighted by atomic mass is 9.93. The molecule has 2 heterocycles. The van der Waals surface area contributed by atoms with E-state index in [4.69, 9.17) is 0 Å². The molecule has 0 unspecified atom stereocenters. The van der Waals surface area contributed by atoms with Crippen LogP contribution in [0, 0.1) is 5.41 Å². The Balaban J connectivity index is 1.69. The summed E-state index contributed by atoms with van der Waals surface area (Å²) in [6, 6.07) is 0.889. The van der Waals surface area contributed by atoms with Gasteiger partial charge in [0.05, 0.1) is 0 Å². The van der Waals surface area contributed by atoms with Gasteiger partial charge < -0.3 is 0 Å². The first-order valence-corrected chi connectivity index (χ1v) is 6.01. The fraction of sp³-hybridized carbons (Fsp3) is 1.00. The normalized spacial score (nSPS) is 26.8. The van der Waals surface area contributed by atoms with Crippen LogP contribution in [0.15, 0.2) is 0 Å². The summed E-state index contributed by atoms with van der Waals surface area (Å²) in [7, 11) is 0. The molecule has 2 fully saturated rings. The molecule has 2 aliphatic rings. The summed E-state index contributed by atoms with van der Waals surface area (Å²) in [4.78, 5) is 5.28. The Morgan fingerprint density at radius 3 is 2.14 bits per heavy atom. The molecule has 2 aliphatic heterocycles. The molecule has 0 bridgehead atoms. The van der Waals surface area contributed by atoms with Crippen LogP contribution >= 0.6 is 0 Å². The third-order valence-corrected chi connectivity index (χ3v) is 3.29. The van der Waals surface area contributed by atoms with Gasteiger partial charge in [0.25, 0.3) is 0 Å². The van der Waals surface area contributed by atoms with E-state index in [1.54, 1.807) is 0 Å². The molecule has 0 aromatic heterocycles. The smallest absolute Gasteiger partial charge is 0.0350 e. The Bertz CT molecular complexity index is 183. The van der Waals surface area contributed by atoms with Crippen molar-refractivity contribution in [2.45, 2.75) is 39.7 Å². The van der Waals surface area contributed by atoms with E-state index >= 15 is 0 Å². The summed E-state index contributed by atoms with van der Waals surface area (Å²) < 4.78 is 0. The molecule has 0 N–H and O–H groups in total. The molecule has 14 heavy (non-hydrogen) atoms. The highest BCUT2D eigenvalue weighted by molar-refractivity contribution is 4.91. The van der Waals surface area contributed by atoms with Gasteiger partial charge in [0.15, 0.2) is 0 Å². The van der Waals surface area contributed by atoms with Gasteiger partial charge in [-0.2, -0.15) is 0 Å². The number of hydrogen-bond donors (Lipinski definition) is 0. The van der Waals surface area contributed by atoms with Gasteiger partial charge in [0.2, 0.25) is 0 Å². The zero-order valence-corrected chi connectivity index (χ0v) is 9.92. The van der Waals surface area contributed by atoms with E-state index in [9.17, 15) is 0 Å². The van der Waals surface area contributed by atoms with Crippen LogP contribution in [0.4, 0.5) is 0 Å². The molecule has 0 spiro atoms. The number of nitrogens with zero attached hydrogens (tertiary/aromatic N) is 2. The van der Waals surface area contributed by atoms with E-state index in [-0.39, 0.29) is 0 Å². The van der Waals surface area contributed by atoms with Gasteiger partial charge in [0.1, 0.15) is 0 Å². The van der Waals surface area contributed by atoms with Crippen LogP contribution in [0.1, 0.15) is 33.6 Å². The van der Waals surface area contributed by atoms with Crippen molar-refractivity contribution in [2.75, 3.05) is 32.7 Å². The standard InChI is InChI=1S/C12H24N2/c1-12(2,3)10-13-8-11(9-13)14-6-4-5-7-14/h11H,4-10H2,1-3H3.